The van der Waals surface area contributed by atoms with Crippen LogP contribution in [-0.4, -0.2) is 22.4 Å². The lowest BCUT2D eigenvalue weighted by atomic mass is 9.94. The molecule has 4 nitrogen and oxygen atoms in total. The number of hydrogen-bond acceptors (Lipinski definition) is 3. The number of nitrogens with zero attached hydrogens (tertiary/aromatic N) is 2. The fourth-order valence-corrected chi connectivity index (χ4v) is 3.00. The van der Waals surface area contributed by atoms with E-state index >= 15 is 0 Å². The van der Waals surface area contributed by atoms with Gasteiger partial charge in [-0.1, -0.05) is 56.0 Å². The summed E-state index contributed by atoms with van der Waals surface area (Å²) in [5.41, 5.74) is 4.20. The van der Waals surface area contributed by atoms with Gasteiger partial charge in [0, 0.05) is 18.0 Å². The van der Waals surface area contributed by atoms with E-state index in [-0.39, 0.29) is 11.8 Å². The van der Waals surface area contributed by atoms with Crippen LogP contribution >= 0.6 is 0 Å². The van der Waals surface area contributed by atoms with Crippen LogP contribution in [0, 0.1) is 0 Å². The molecule has 0 spiro atoms. The predicted molar refractivity (Wildman–Crippen MR) is 106 cm³/mol. The molecule has 0 fully saturated rings. The van der Waals surface area contributed by atoms with Crippen LogP contribution in [0.15, 0.2) is 67.3 Å². The van der Waals surface area contributed by atoms with Crippen LogP contribution in [0.1, 0.15) is 41.0 Å². The molecule has 1 aliphatic carbocycles. The molecule has 26 heavy (non-hydrogen) atoms. The minimum Gasteiger partial charge on any atom is -0.349 e. The molecule has 0 radical (unpaired) electrons. The van der Waals surface area contributed by atoms with Crippen molar-refractivity contribution in [3.05, 3.63) is 84.3 Å². The number of aryl methyl sites for hydroxylation is 1. The second-order valence-corrected chi connectivity index (χ2v) is 6.14. The number of amides is 1. The molecule has 1 aromatic heterocycles. The van der Waals surface area contributed by atoms with Gasteiger partial charge in [0.1, 0.15) is 0 Å². The van der Waals surface area contributed by atoms with Crippen molar-refractivity contribution in [3.8, 4) is 0 Å². The normalized spacial score (nSPS) is 16.3. The Labute approximate surface area is 154 Å². The van der Waals surface area contributed by atoms with E-state index in [1.807, 2.05) is 18.2 Å². The topological polar surface area (TPSA) is 54.9 Å². The lowest BCUT2D eigenvalue weighted by Gasteiger charge is -2.16. The molecular formula is C22H23N3O. The first-order chi connectivity index (χ1) is 12.7. The van der Waals surface area contributed by atoms with Crippen LogP contribution in [-0.2, 0) is 6.42 Å². The molecule has 1 unspecified atom stereocenters. The van der Waals surface area contributed by atoms with Crippen LogP contribution in [0.25, 0.3) is 11.0 Å². The van der Waals surface area contributed by atoms with Crippen molar-refractivity contribution in [3.63, 3.8) is 0 Å². The van der Waals surface area contributed by atoms with Gasteiger partial charge < -0.3 is 5.32 Å². The van der Waals surface area contributed by atoms with Gasteiger partial charge in [-0.05, 0) is 31.0 Å². The third-order valence-electron chi connectivity index (χ3n) is 4.35. The van der Waals surface area contributed by atoms with Crippen LogP contribution < -0.4 is 5.32 Å². The summed E-state index contributed by atoms with van der Waals surface area (Å²) in [6.45, 7) is 6.16. The first-order valence-electron chi connectivity index (χ1n) is 8.92. The molecule has 3 rings (SSSR count). The van der Waals surface area contributed by atoms with Gasteiger partial charge in [-0.3, -0.25) is 4.79 Å². The third-order valence-corrected chi connectivity index (χ3v) is 4.35. The smallest absolute Gasteiger partial charge is 0.251 e. The molecule has 0 saturated carbocycles. The maximum atomic E-state index is 12.3. The third kappa shape index (κ3) is 3.97. The van der Waals surface area contributed by atoms with Crippen molar-refractivity contribution in [1.29, 1.82) is 0 Å². The number of carbonyl (C=O) groups excluding carboxylic acids is 1. The van der Waals surface area contributed by atoms with E-state index in [1.165, 1.54) is 0 Å². The molecule has 1 heterocycles. The quantitative estimate of drug-likeness (QED) is 0.796. The summed E-state index contributed by atoms with van der Waals surface area (Å²) in [4.78, 5) is 21.9. The van der Waals surface area contributed by atoms with Gasteiger partial charge in [0.05, 0.1) is 22.4 Å². The van der Waals surface area contributed by atoms with Crippen molar-refractivity contribution in [2.75, 3.05) is 6.54 Å². The average molecular weight is 345 g/mol. The first kappa shape index (κ1) is 17.8. The molecule has 132 valence electrons. The van der Waals surface area contributed by atoms with Gasteiger partial charge in [0.25, 0.3) is 5.91 Å². The summed E-state index contributed by atoms with van der Waals surface area (Å²) < 4.78 is 0. The Balaban J connectivity index is 1.89. The molecule has 1 atom stereocenters. The molecule has 1 aromatic carbocycles. The number of fused-ring (bicyclic) bond motifs is 1. The maximum Gasteiger partial charge on any atom is 0.251 e. The molecule has 1 N–H and O–H groups in total. The van der Waals surface area contributed by atoms with E-state index in [1.54, 1.807) is 18.2 Å². The van der Waals surface area contributed by atoms with Crippen molar-refractivity contribution in [2.45, 2.75) is 25.7 Å². The number of hydrogen-bond donors (Lipinski definition) is 1. The van der Waals surface area contributed by atoms with Gasteiger partial charge in [0.2, 0.25) is 0 Å². The molecule has 0 aliphatic heterocycles. The minimum atomic E-state index is -0.120. The average Bonchev–Trinajstić information content (AvgIpc) is 2.70. The summed E-state index contributed by atoms with van der Waals surface area (Å²) in [5, 5.41) is 2.85. The van der Waals surface area contributed by atoms with Crippen LogP contribution in [0.5, 0.6) is 0 Å². The number of carbonyl (C=O) groups is 1. The summed E-state index contributed by atoms with van der Waals surface area (Å²) in [6, 6.07) is 5.49. The number of rotatable bonds is 6. The zero-order chi connectivity index (χ0) is 18.4. The molecule has 0 bridgehead atoms. The van der Waals surface area contributed by atoms with Crippen molar-refractivity contribution in [1.82, 2.24) is 15.3 Å². The Morgan fingerprint density at radius 1 is 1.31 bits per heavy atom. The highest BCUT2D eigenvalue weighted by Crippen LogP contribution is 2.27. The second kappa shape index (κ2) is 8.39. The highest BCUT2D eigenvalue weighted by molar-refractivity contribution is 5.97. The zero-order valence-corrected chi connectivity index (χ0v) is 15.0. The van der Waals surface area contributed by atoms with Crippen LogP contribution in [0.2, 0.25) is 0 Å². The van der Waals surface area contributed by atoms with E-state index in [4.69, 9.17) is 9.97 Å². The Morgan fingerprint density at radius 2 is 2.19 bits per heavy atom. The maximum absolute atomic E-state index is 12.3. The van der Waals surface area contributed by atoms with Crippen LogP contribution in [0.4, 0.5) is 0 Å². The molecule has 4 heteroatoms. The number of aromatic nitrogens is 2. The van der Waals surface area contributed by atoms with Crippen molar-refractivity contribution >= 4 is 16.9 Å². The minimum absolute atomic E-state index is 0.120. The fourth-order valence-electron chi connectivity index (χ4n) is 3.00. The van der Waals surface area contributed by atoms with Crippen molar-refractivity contribution < 1.29 is 4.79 Å². The van der Waals surface area contributed by atoms with Gasteiger partial charge in [0.15, 0.2) is 0 Å². The van der Waals surface area contributed by atoms with E-state index < -0.39 is 0 Å². The molecule has 0 saturated heterocycles. The summed E-state index contributed by atoms with van der Waals surface area (Å²) in [5.74, 6) is 0.149. The number of benzene rings is 1. The SMILES string of the molecule is C=C/C=C/CNC(=O)c1ccc2nc(C3C=CC=CC3)c(CC)nc2c1. The first-order valence-corrected chi connectivity index (χ1v) is 8.92. The van der Waals surface area contributed by atoms with E-state index in [0.717, 1.165) is 35.3 Å². The summed E-state index contributed by atoms with van der Waals surface area (Å²) >= 11 is 0. The molecule has 1 amide bonds. The van der Waals surface area contributed by atoms with Crippen molar-refractivity contribution in [2.24, 2.45) is 0 Å². The Morgan fingerprint density at radius 3 is 2.92 bits per heavy atom. The highest BCUT2D eigenvalue weighted by Gasteiger charge is 2.17. The van der Waals surface area contributed by atoms with E-state index in [2.05, 4.69) is 43.1 Å². The zero-order valence-electron chi connectivity index (χ0n) is 15.0. The van der Waals surface area contributed by atoms with Gasteiger partial charge in [-0.25, -0.2) is 9.97 Å². The number of nitrogens with one attached hydrogen (secondary N) is 1. The largest absolute Gasteiger partial charge is 0.349 e. The Bertz CT molecular complexity index is 909. The van der Waals surface area contributed by atoms with Crippen LogP contribution in [0.3, 0.4) is 0 Å². The monoisotopic (exact) mass is 345 g/mol. The lowest BCUT2D eigenvalue weighted by Crippen LogP contribution is -2.23. The lowest BCUT2D eigenvalue weighted by molar-refractivity contribution is 0.0958. The van der Waals surface area contributed by atoms with E-state index in [0.29, 0.717) is 12.1 Å². The summed E-state index contributed by atoms with van der Waals surface area (Å²) in [6.07, 6.45) is 15.5. The van der Waals surface area contributed by atoms with E-state index in [9.17, 15) is 4.79 Å². The highest BCUT2D eigenvalue weighted by atomic mass is 16.1. The molecule has 1 aliphatic rings. The second-order valence-electron chi connectivity index (χ2n) is 6.14. The summed E-state index contributed by atoms with van der Waals surface area (Å²) in [7, 11) is 0. The Hall–Kier alpha value is -3.01. The van der Waals surface area contributed by atoms with Gasteiger partial charge in [-0.2, -0.15) is 0 Å². The Kier molecular flexibility index (Phi) is 5.74. The fraction of sp³-hybridized carbons (Fsp3) is 0.227. The van der Waals surface area contributed by atoms with Gasteiger partial charge in [-0.15, -0.1) is 0 Å². The predicted octanol–water partition coefficient (Wildman–Crippen LogP) is 4.26. The standard InChI is InChI=1S/C22H23N3O/c1-3-5-9-14-23-22(26)17-12-13-19-20(15-17)24-18(4-2)21(25-19)16-10-7-6-8-11-16/h3,5-10,12-13,15-16H,1,4,11,14H2,2H3,(H,23,26)/b9-5+. The molecular weight excluding hydrogens is 322 g/mol. The molecule has 2 aromatic rings. The number of allylic oxidation sites excluding steroid dienone is 6. The van der Waals surface area contributed by atoms with Gasteiger partial charge >= 0.3 is 0 Å².